The van der Waals surface area contributed by atoms with Gasteiger partial charge >= 0.3 is 18.0 Å². The van der Waals surface area contributed by atoms with Gasteiger partial charge in [0, 0.05) is 12.6 Å². The molecule has 0 saturated heterocycles. The van der Waals surface area contributed by atoms with E-state index in [0.29, 0.717) is 5.69 Å². The number of carbonyl (C=O) groups is 3. The van der Waals surface area contributed by atoms with E-state index in [9.17, 15) is 24.6 Å². The van der Waals surface area contributed by atoms with Crippen LogP contribution >= 0.6 is 0 Å². The van der Waals surface area contributed by atoms with E-state index in [1.165, 1.54) is 10.9 Å². The maximum Gasteiger partial charge on any atom is 0.408 e. The molecule has 0 aliphatic carbocycles. The first-order valence-electron chi connectivity index (χ1n) is 7.97. The fourth-order valence-electron chi connectivity index (χ4n) is 2.12. The number of nitrogens with one attached hydrogen (secondary N) is 1. The highest BCUT2D eigenvalue weighted by atomic mass is 16.6. The molecule has 2 atom stereocenters. The van der Waals surface area contributed by atoms with Crippen molar-refractivity contribution in [2.24, 2.45) is 5.92 Å². The van der Waals surface area contributed by atoms with Crippen molar-refractivity contribution in [3.8, 4) is 0 Å². The minimum absolute atomic E-state index is 0.0689. The van der Waals surface area contributed by atoms with Crippen LogP contribution in [0.5, 0.6) is 0 Å². The number of ether oxygens (including phenoxy) is 1. The average molecular weight is 372 g/mol. The summed E-state index contributed by atoms with van der Waals surface area (Å²) >= 11 is 0. The van der Waals surface area contributed by atoms with E-state index in [2.05, 4.69) is 15.6 Å². The number of aromatic nitrogens is 3. The maximum absolute atomic E-state index is 11.8. The van der Waals surface area contributed by atoms with Gasteiger partial charge in [0.2, 0.25) is 0 Å². The Hall–Kier alpha value is -2.69. The highest BCUT2D eigenvalue weighted by Crippen LogP contribution is 2.15. The van der Waals surface area contributed by atoms with Gasteiger partial charge < -0.3 is 25.4 Å². The molecule has 1 rings (SSSR count). The van der Waals surface area contributed by atoms with Gasteiger partial charge in [0.05, 0.1) is 24.8 Å². The molecule has 0 aliphatic heterocycles. The van der Waals surface area contributed by atoms with Crippen molar-refractivity contribution in [2.75, 3.05) is 6.61 Å². The summed E-state index contributed by atoms with van der Waals surface area (Å²) in [5.74, 6) is -3.70. The molecule has 0 aromatic carbocycles. The lowest BCUT2D eigenvalue weighted by atomic mass is 9.95. The standard InChI is InChI=1S/C15H24N4O7/c1-15(2,3)26-14(25)16-11(13(23)24)7-9(12(21)22)6-10-8-19(4-5-20)18-17-10/h8-9,11,20H,4-7H2,1-3H3,(H,16,25)(H,21,22)(H,23,24)/t9-,11-/m0/s1. The van der Waals surface area contributed by atoms with Crippen LogP contribution < -0.4 is 5.32 Å². The molecule has 0 bridgehead atoms. The number of carbonyl (C=O) groups excluding carboxylic acids is 1. The predicted octanol–water partition coefficient (Wildman–Crippen LogP) is -0.118. The van der Waals surface area contributed by atoms with Crippen LogP contribution in [0.3, 0.4) is 0 Å². The van der Waals surface area contributed by atoms with Gasteiger partial charge in [-0.05, 0) is 27.2 Å². The average Bonchev–Trinajstić information content (AvgIpc) is 2.91. The van der Waals surface area contributed by atoms with Gasteiger partial charge in [0.15, 0.2) is 0 Å². The summed E-state index contributed by atoms with van der Waals surface area (Å²) in [6, 6.07) is -1.43. The number of nitrogens with zero attached hydrogens (tertiary/aromatic N) is 3. The van der Waals surface area contributed by atoms with Crippen LogP contribution in [0.4, 0.5) is 4.79 Å². The lowest BCUT2D eigenvalue weighted by molar-refractivity contribution is -0.144. The number of carboxylic acids is 2. The van der Waals surface area contributed by atoms with E-state index in [1.54, 1.807) is 20.8 Å². The van der Waals surface area contributed by atoms with Crippen molar-refractivity contribution in [3.05, 3.63) is 11.9 Å². The lowest BCUT2D eigenvalue weighted by Crippen LogP contribution is -2.45. The van der Waals surface area contributed by atoms with Gasteiger partial charge in [0.25, 0.3) is 0 Å². The summed E-state index contributed by atoms with van der Waals surface area (Å²) in [4.78, 5) is 34.6. The normalized spacial score (nSPS) is 13.7. The van der Waals surface area contributed by atoms with E-state index in [1.807, 2.05) is 0 Å². The molecule has 0 aliphatic rings. The van der Waals surface area contributed by atoms with Gasteiger partial charge in [-0.25, -0.2) is 14.3 Å². The zero-order valence-corrected chi connectivity index (χ0v) is 14.9. The van der Waals surface area contributed by atoms with Crippen molar-refractivity contribution in [1.82, 2.24) is 20.3 Å². The Morgan fingerprint density at radius 2 is 1.92 bits per heavy atom. The fraction of sp³-hybridized carbons (Fsp3) is 0.667. The number of hydrogen-bond donors (Lipinski definition) is 4. The van der Waals surface area contributed by atoms with E-state index < -0.39 is 35.6 Å². The Labute approximate surface area is 150 Å². The number of rotatable bonds is 9. The zero-order valence-electron chi connectivity index (χ0n) is 14.9. The van der Waals surface area contributed by atoms with Crippen molar-refractivity contribution in [1.29, 1.82) is 0 Å². The summed E-state index contributed by atoms with van der Waals surface area (Å²) in [6.07, 6.45) is 0.114. The minimum Gasteiger partial charge on any atom is -0.481 e. The van der Waals surface area contributed by atoms with Crippen LogP contribution in [0.15, 0.2) is 6.20 Å². The van der Waals surface area contributed by atoms with E-state index >= 15 is 0 Å². The first-order chi connectivity index (χ1) is 12.0. The van der Waals surface area contributed by atoms with Gasteiger partial charge in [0.1, 0.15) is 11.6 Å². The first-order valence-corrected chi connectivity index (χ1v) is 7.97. The van der Waals surface area contributed by atoms with Crippen LogP contribution in [-0.4, -0.2) is 66.6 Å². The lowest BCUT2D eigenvalue weighted by Gasteiger charge is -2.23. The van der Waals surface area contributed by atoms with Gasteiger partial charge in [-0.15, -0.1) is 5.10 Å². The molecule has 0 spiro atoms. The van der Waals surface area contributed by atoms with Gasteiger partial charge in [-0.2, -0.15) is 0 Å². The number of amides is 1. The third-order valence-corrected chi connectivity index (χ3v) is 3.23. The molecule has 4 N–H and O–H groups in total. The second-order valence-corrected chi connectivity index (χ2v) is 6.71. The largest absolute Gasteiger partial charge is 0.481 e. The number of carboxylic acid groups (broad SMARTS) is 2. The van der Waals surface area contributed by atoms with Crippen molar-refractivity contribution < 1.29 is 34.4 Å². The second-order valence-electron chi connectivity index (χ2n) is 6.71. The van der Waals surface area contributed by atoms with E-state index in [-0.39, 0.29) is 26.0 Å². The minimum atomic E-state index is -1.43. The van der Waals surface area contributed by atoms with Crippen LogP contribution in [0.25, 0.3) is 0 Å². The summed E-state index contributed by atoms with van der Waals surface area (Å²) in [5, 5.41) is 37.2. The highest BCUT2D eigenvalue weighted by molar-refractivity contribution is 5.81. The molecule has 1 aromatic heterocycles. The summed E-state index contributed by atoms with van der Waals surface area (Å²) < 4.78 is 6.35. The first kappa shape index (κ1) is 21.4. The maximum atomic E-state index is 11.8. The molecule has 1 aromatic rings. The van der Waals surface area contributed by atoms with Crippen LogP contribution in [0.1, 0.15) is 32.9 Å². The number of aliphatic hydroxyl groups is 1. The third kappa shape index (κ3) is 7.47. The Morgan fingerprint density at radius 1 is 1.27 bits per heavy atom. The molecule has 0 fully saturated rings. The molecular weight excluding hydrogens is 348 g/mol. The molecule has 146 valence electrons. The molecule has 0 unspecified atom stereocenters. The van der Waals surface area contributed by atoms with Gasteiger partial charge in [-0.3, -0.25) is 4.79 Å². The predicted molar refractivity (Wildman–Crippen MR) is 87.3 cm³/mol. The molecule has 26 heavy (non-hydrogen) atoms. The number of hydrogen-bond acceptors (Lipinski definition) is 7. The number of aliphatic carboxylic acids is 2. The van der Waals surface area contributed by atoms with Crippen LogP contribution in [0.2, 0.25) is 0 Å². The molecule has 0 radical (unpaired) electrons. The molecule has 11 heteroatoms. The van der Waals surface area contributed by atoms with Crippen molar-refractivity contribution in [2.45, 2.75) is 51.8 Å². The third-order valence-electron chi connectivity index (χ3n) is 3.23. The van der Waals surface area contributed by atoms with Crippen LogP contribution in [-0.2, 0) is 27.3 Å². The second kappa shape index (κ2) is 9.13. The van der Waals surface area contributed by atoms with E-state index in [4.69, 9.17) is 9.84 Å². The highest BCUT2D eigenvalue weighted by Gasteiger charge is 2.30. The van der Waals surface area contributed by atoms with Crippen molar-refractivity contribution >= 4 is 18.0 Å². The molecule has 0 saturated carbocycles. The molecular formula is C15H24N4O7. The Bertz CT molecular complexity index is 638. The molecule has 1 heterocycles. The van der Waals surface area contributed by atoms with Crippen LogP contribution in [0, 0.1) is 5.92 Å². The Kier molecular flexibility index (Phi) is 7.50. The Balaban J connectivity index is 2.78. The fourth-order valence-corrected chi connectivity index (χ4v) is 2.12. The quantitative estimate of drug-likeness (QED) is 0.462. The molecule has 1 amide bonds. The number of aliphatic hydroxyl groups excluding tert-OH is 1. The Morgan fingerprint density at radius 3 is 2.42 bits per heavy atom. The molecule has 11 nitrogen and oxygen atoms in total. The van der Waals surface area contributed by atoms with E-state index in [0.717, 1.165) is 0 Å². The van der Waals surface area contributed by atoms with Crippen molar-refractivity contribution in [3.63, 3.8) is 0 Å². The number of alkyl carbamates (subject to hydrolysis) is 1. The smallest absolute Gasteiger partial charge is 0.408 e. The summed E-state index contributed by atoms with van der Waals surface area (Å²) in [7, 11) is 0. The monoisotopic (exact) mass is 372 g/mol. The SMILES string of the molecule is CC(C)(C)OC(=O)N[C@@H](C[C@H](Cc1cn(CCO)nn1)C(=O)O)C(=O)O. The summed E-state index contributed by atoms with van der Waals surface area (Å²) in [5.41, 5.74) is -0.475. The van der Waals surface area contributed by atoms with Gasteiger partial charge in [-0.1, -0.05) is 5.21 Å². The topological polar surface area (TPSA) is 164 Å². The zero-order chi connectivity index (χ0) is 19.9. The summed E-state index contributed by atoms with van der Waals surface area (Å²) in [6.45, 7) is 4.93.